The Kier molecular flexibility index (Phi) is 3.49. The average molecular weight is 320 g/mol. The molecular formula is C18H16N4O2. The van der Waals surface area contributed by atoms with Crippen molar-refractivity contribution in [3.63, 3.8) is 0 Å². The number of H-pyrrole nitrogens is 1. The molecule has 1 fully saturated rings. The minimum Gasteiger partial charge on any atom is -0.349 e. The van der Waals surface area contributed by atoms with E-state index in [4.69, 9.17) is 0 Å². The van der Waals surface area contributed by atoms with Crippen LogP contribution in [0.25, 0.3) is 10.9 Å². The lowest BCUT2D eigenvalue weighted by Gasteiger charge is -2.08. The summed E-state index contributed by atoms with van der Waals surface area (Å²) >= 11 is 0. The monoisotopic (exact) mass is 320 g/mol. The summed E-state index contributed by atoms with van der Waals surface area (Å²) in [5.74, 6) is -0.353. The first-order valence-electron chi connectivity index (χ1n) is 7.85. The Balaban J connectivity index is 1.55. The van der Waals surface area contributed by atoms with Crippen molar-refractivity contribution in [2.45, 2.75) is 18.9 Å². The van der Waals surface area contributed by atoms with E-state index in [1.54, 1.807) is 36.5 Å². The van der Waals surface area contributed by atoms with Crippen LogP contribution in [0.5, 0.6) is 0 Å². The van der Waals surface area contributed by atoms with Crippen molar-refractivity contribution in [1.82, 2.24) is 15.5 Å². The van der Waals surface area contributed by atoms with Crippen molar-refractivity contribution in [3.05, 3.63) is 59.8 Å². The van der Waals surface area contributed by atoms with Crippen molar-refractivity contribution in [1.29, 1.82) is 0 Å². The molecule has 0 bridgehead atoms. The number of nitrogens with zero attached hydrogens (tertiary/aromatic N) is 1. The normalized spacial score (nSPS) is 13.7. The number of fused-ring (bicyclic) bond motifs is 1. The first-order valence-corrected chi connectivity index (χ1v) is 7.85. The summed E-state index contributed by atoms with van der Waals surface area (Å²) in [7, 11) is 0. The fraction of sp³-hybridized carbons (Fsp3) is 0.167. The summed E-state index contributed by atoms with van der Waals surface area (Å²) < 4.78 is 0. The van der Waals surface area contributed by atoms with Gasteiger partial charge in [0.15, 0.2) is 0 Å². The van der Waals surface area contributed by atoms with Gasteiger partial charge in [-0.2, -0.15) is 5.10 Å². The Morgan fingerprint density at radius 3 is 2.75 bits per heavy atom. The zero-order valence-corrected chi connectivity index (χ0v) is 12.9. The zero-order chi connectivity index (χ0) is 16.5. The van der Waals surface area contributed by atoms with Crippen LogP contribution in [0.1, 0.15) is 33.6 Å². The zero-order valence-electron chi connectivity index (χ0n) is 12.9. The molecule has 0 unspecified atom stereocenters. The van der Waals surface area contributed by atoms with E-state index >= 15 is 0 Å². The standard InChI is InChI=1S/C18H16N4O2/c23-17(20-13-7-8-13)11-3-1-5-14(9-11)21-18(24)15-6-2-4-12-10-19-22-16(12)15/h1-6,9-10,13H,7-8H2,(H,19,22)(H,20,23)(H,21,24). The van der Waals surface area contributed by atoms with E-state index in [9.17, 15) is 9.59 Å². The Morgan fingerprint density at radius 2 is 1.92 bits per heavy atom. The number of carbonyl (C=O) groups excluding carboxylic acids is 2. The molecule has 0 aliphatic heterocycles. The first-order chi connectivity index (χ1) is 11.7. The molecule has 2 amide bonds. The quantitative estimate of drug-likeness (QED) is 0.691. The highest BCUT2D eigenvalue weighted by molar-refractivity contribution is 6.12. The number of carbonyl (C=O) groups is 2. The van der Waals surface area contributed by atoms with E-state index < -0.39 is 0 Å². The van der Waals surface area contributed by atoms with Gasteiger partial charge in [0, 0.05) is 22.7 Å². The highest BCUT2D eigenvalue weighted by Gasteiger charge is 2.23. The van der Waals surface area contributed by atoms with Gasteiger partial charge in [0.25, 0.3) is 11.8 Å². The lowest BCUT2D eigenvalue weighted by atomic mass is 10.1. The van der Waals surface area contributed by atoms with Gasteiger partial charge in [-0.25, -0.2) is 0 Å². The van der Waals surface area contributed by atoms with Crippen LogP contribution in [0.2, 0.25) is 0 Å². The van der Waals surface area contributed by atoms with Crippen molar-refractivity contribution in [3.8, 4) is 0 Å². The Bertz CT molecular complexity index is 927. The Labute approximate surface area is 138 Å². The van der Waals surface area contributed by atoms with E-state index in [0.29, 0.717) is 28.4 Å². The largest absolute Gasteiger partial charge is 0.349 e. The molecule has 6 nitrogen and oxygen atoms in total. The maximum absolute atomic E-state index is 12.5. The molecule has 0 radical (unpaired) electrons. The Morgan fingerprint density at radius 1 is 1.08 bits per heavy atom. The van der Waals surface area contributed by atoms with Crippen LogP contribution in [0.15, 0.2) is 48.7 Å². The molecule has 1 aliphatic rings. The van der Waals surface area contributed by atoms with E-state index in [-0.39, 0.29) is 11.8 Å². The van der Waals surface area contributed by atoms with Crippen molar-refractivity contribution < 1.29 is 9.59 Å². The van der Waals surface area contributed by atoms with E-state index in [1.165, 1.54) is 0 Å². The third-order valence-corrected chi connectivity index (χ3v) is 4.02. The summed E-state index contributed by atoms with van der Waals surface area (Å²) in [6, 6.07) is 12.7. The van der Waals surface area contributed by atoms with Crippen molar-refractivity contribution >= 4 is 28.4 Å². The number of aromatic nitrogens is 2. The molecule has 1 heterocycles. The molecule has 0 spiro atoms. The predicted molar refractivity (Wildman–Crippen MR) is 91.0 cm³/mol. The Hall–Kier alpha value is -3.15. The van der Waals surface area contributed by atoms with Gasteiger partial charge in [0.05, 0.1) is 17.3 Å². The van der Waals surface area contributed by atoms with Crippen molar-refractivity contribution in [2.75, 3.05) is 5.32 Å². The summed E-state index contributed by atoms with van der Waals surface area (Å²) in [6.45, 7) is 0. The van der Waals surface area contributed by atoms with E-state index in [1.807, 2.05) is 12.1 Å². The van der Waals surface area contributed by atoms with Crippen LogP contribution in [-0.4, -0.2) is 28.1 Å². The molecule has 24 heavy (non-hydrogen) atoms. The van der Waals surface area contributed by atoms with Gasteiger partial charge in [0.1, 0.15) is 0 Å². The summed E-state index contributed by atoms with van der Waals surface area (Å²) in [4.78, 5) is 24.6. The predicted octanol–water partition coefficient (Wildman–Crippen LogP) is 2.71. The number of anilines is 1. The van der Waals surface area contributed by atoms with Gasteiger partial charge in [-0.3, -0.25) is 14.7 Å². The van der Waals surface area contributed by atoms with Gasteiger partial charge in [0.2, 0.25) is 0 Å². The van der Waals surface area contributed by atoms with Gasteiger partial charge in [-0.1, -0.05) is 18.2 Å². The minimum atomic E-state index is -0.246. The third-order valence-electron chi connectivity index (χ3n) is 4.02. The second kappa shape index (κ2) is 5.81. The van der Waals surface area contributed by atoms with Gasteiger partial charge < -0.3 is 10.6 Å². The van der Waals surface area contributed by atoms with Crippen LogP contribution in [0, 0.1) is 0 Å². The fourth-order valence-corrected chi connectivity index (χ4v) is 2.59. The maximum Gasteiger partial charge on any atom is 0.257 e. The maximum atomic E-state index is 12.5. The molecule has 3 aromatic rings. The van der Waals surface area contributed by atoms with Crippen LogP contribution in [0.3, 0.4) is 0 Å². The number of benzene rings is 2. The lowest BCUT2D eigenvalue weighted by molar-refractivity contribution is 0.0949. The van der Waals surface area contributed by atoms with E-state index in [2.05, 4.69) is 20.8 Å². The number of hydrogen-bond donors (Lipinski definition) is 3. The molecule has 6 heteroatoms. The molecule has 2 aromatic carbocycles. The van der Waals surface area contributed by atoms with Gasteiger partial charge in [-0.15, -0.1) is 0 Å². The van der Waals surface area contributed by atoms with Gasteiger partial charge in [-0.05, 0) is 37.1 Å². The molecule has 1 saturated carbocycles. The summed E-state index contributed by atoms with van der Waals surface area (Å²) in [5, 5.41) is 13.5. The van der Waals surface area contributed by atoms with Crippen molar-refractivity contribution in [2.24, 2.45) is 0 Å². The molecule has 1 aromatic heterocycles. The second-order valence-corrected chi connectivity index (χ2v) is 5.92. The third kappa shape index (κ3) is 2.86. The van der Waals surface area contributed by atoms with Crippen LogP contribution in [0.4, 0.5) is 5.69 Å². The lowest BCUT2D eigenvalue weighted by Crippen LogP contribution is -2.25. The topological polar surface area (TPSA) is 86.9 Å². The smallest absolute Gasteiger partial charge is 0.257 e. The van der Waals surface area contributed by atoms with Gasteiger partial charge >= 0.3 is 0 Å². The number of amides is 2. The van der Waals surface area contributed by atoms with E-state index in [0.717, 1.165) is 18.2 Å². The SMILES string of the molecule is O=C(NC1CC1)c1cccc(NC(=O)c2cccc3cn[nH]c23)c1. The fourth-order valence-electron chi connectivity index (χ4n) is 2.59. The molecule has 4 rings (SSSR count). The molecular weight excluding hydrogens is 304 g/mol. The molecule has 0 atom stereocenters. The first kappa shape index (κ1) is 14.4. The minimum absolute atomic E-state index is 0.107. The number of nitrogens with one attached hydrogen (secondary N) is 3. The molecule has 120 valence electrons. The number of rotatable bonds is 4. The van der Waals surface area contributed by atoms with Crippen LogP contribution >= 0.6 is 0 Å². The number of para-hydroxylation sites is 1. The number of hydrogen-bond acceptors (Lipinski definition) is 3. The van der Waals surface area contributed by atoms with Crippen LogP contribution in [-0.2, 0) is 0 Å². The second-order valence-electron chi connectivity index (χ2n) is 5.92. The van der Waals surface area contributed by atoms with Crippen LogP contribution < -0.4 is 10.6 Å². The number of aromatic amines is 1. The molecule has 3 N–H and O–H groups in total. The molecule has 0 saturated heterocycles. The highest BCUT2D eigenvalue weighted by atomic mass is 16.2. The molecule has 1 aliphatic carbocycles. The highest BCUT2D eigenvalue weighted by Crippen LogP contribution is 2.21. The summed E-state index contributed by atoms with van der Waals surface area (Å²) in [5.41, 5.74) is 2.33. The summed E-state index contributed by atoms with van der Waals surface area (Å²) in [6.07, 6.45) is 3.75. The average Bonchev–Trinajstić information content (AvgIpc) is 3.27.